The number of hydrogen-bond donors (Lipinski definition) is 1. The molecule has 1 atom stereocenters. The van der Waals surface area contributed by atoms with Gasteiger partial charge in [-0.05, 0) is 92.8 Å². The van der Waals surface area contributed by atoms with E-state index in [0.717, 1.165) is 52.9 Å². The highest BCUT2D eigenvalue weighted by Gasteiger charge is 2.38. The Kier molecular flexibility index (Phi) is 7.27. The van der Waals surface area contributed by atoms with E-state index in [2.05, 4.69) is 37.9 Å². The maximum atomic E-state index is 15.3. The largest absolute Gasteiger partial charge is 0.366 e. The van der Waals surface area contributed by atoms with Crippen LogP contribution in [0.25, 0.3) is 6.08 Å². The van der Waals surface area contributed by atoms with E-state index in [-0.39, 0.29) is 21.9 Å². The maximum Gasteiger partial charge on any atom is 0.294 e. The Bertz CT molecular complexity index is 1260. The number of benzene rings is 2. The Morgan fingerprint density at radius 2 is 2.00 bits per heavy atom. The second-order valence-corrected chi connectivity index (χ2v) is 11.2. The van der Waals surface area contributed by atoms with Crippen LogP contribution in [0.4, 0.5) is 20.6 Å². The van der Waals surface area contributed by atoms with Crippen LogP contribution in [0.2, 0.25) is 0 Å². The van der Waals surface area contributed by atoms with Gasteiger partial charge in [-0.3, -0.25) is 19.3 Å². The number of carbonyl (C=O) groups is 3. The van der Waals surface area contributed by atoms with E-state index in [0.29, 0.717) is 5.69 Å². The lowest BCUT2D eigenvalue weighted by Crippen LogP contribution is -2.48. The lowest BCUT2D eigenvalue weighted by atomic mass is 9.79. The second-order valence-electron chi connectivity index (χ2n) is 10.2. The number of anilines is 2. The molecule has 2 aromatic rings. The number of rotatable bonds is 6. The molecule has 1 N–H and O–H groups in total. The summed E-state index contributed by atoms with van der Waals surface area (Å²) in [5, 5.41) is 2.16. The number of aryl methyl sites for hydroxylation is 1. The molecule has 0 bridgehead atoms. The molecule has 0 aliphatic carbocycles. The number of nitrogens with zero attached hydrogens (tertiary/aromatic N) is 2. The first-order valence-corrected chi connectivity index (χ1v) is 13.0. The number of fused-ring (bicyclic) bond motifs is 1. The molecule has 1 unspecified atom stereocenters. The number of nitrogens with one attached hydrogen (secondary N) is 1. The number of hydrogen-bond acceptors (Lipinski definition) is 5. The standard InChI is InChI=1S/C28H32FN3O3S/c1-6-10-32-23-14-22(29)19(12-21(23)18(3)15-28(32,4)5)13-24-26(34)31(27(35)36-24)16-25(33)30-20-9-7-8-17(2)11-20/h7-9,11-14,18H,6,10,15-16H2,1-5H3,(H,30,33)/b24-13+. The van der Waals surface area contributed by atoms with Crippen molar-refractivity contribution >= 4 is 46.3 Å². The van der Waals surface area contributed by atoms with Crippen LogP contribution in [0, 0.1) is 12.7 Å². The first kappa shape index (κ1) is 25.9. The molecule has 36 heavy (non-hydrogen) atoms. The Balaban J connectivity index is 1.56. The van der Waals surface area contributed by atoms with E-state index in [1.807, 2.05) is 19.1 Å². The summed E-state index contributed by atoms with van der Waals surface area (Å²) in [4.78, 5) is 41.2. The normalized spacial score (nSPS) is 20.2. The molecule has 1 saturated heterocycles. The predicted octanol–water partition coefficient (Wildman–Crippen LogP) is 6.31. The molecule has 6 nitrogen and oxygen atoms in total. The van der Waals surface area contributed by atoms with E-state index in [4.69, 9.17) is 0 Å². The van der Waals surface area contributed by atoms with Crippen molar-refractivity contribution < 1.29 is 18.8 Å². The van der Waals surface area contributed by atoms with Crippen molar-refractivity contribution in [3.05, 3.63) is 63.8 Å². The molecule has 0 aromatic heterocycles. The summed E-state index contributed by atoms with van der Waals surface area (Å²) in [7, 11) is 0. The second kappa shape index (κ2) is 10.1. The summed E-state index contributed by atoms with van der Waals surface area (Å²) in [6.07, 6.45) is 3.30. The molecule has 2 heterocycles. The summed E-state index contributed by atoms with van der Waals surface area (Å²) < 4.78 is 15.3. The molecular formula is C28H32FN3O3S. The third kappa shape index (κ3) is 5.19. The molecule has 2 aromatic carbocycles. The summed E-state index contributed by atoms with van der Waals surface area (Å²) >= 11 is 0.724. The van der Waals surface area contributed by atoms with Gasteiger partial charge in [0.25, 0.3) is 11.1 Å². The smallest absolute Gasteiger partial charge is 0.294 e. The molecule has 0 radical (unpaired) electrons. The monoisotopic (exact) mass is 509 g/mol. The number of halogens is 1. The Morgan fingerprint density at radius 1 is 1.25 bits per heavy atom. The predicted molar refractivity (Wildman–Crippen MR) is 144 cm³/mol. The van der Waals surface area contributed by atoms with Gasteiger partial charge in [-0.15, -0.1) is 0 Å². The molecular weight excluding hydrogens is 477 g/mol. The Morgan fingerprint density at radius 3 is 2.69 bits per heavy atom. The Hall–Kier alpha value is -3.13. The van der Waals surface area contributed by atoms with Crippen LogP contribution in [0.15, 0.2) is 41.3 Å². The van der Waals surface area contributed by atoms with E-state index < -0.39 is 29.4 Å². The van der Waals surface area contributed by atoms with Crippen LogP contribution in [0.3, 0.4) is 0 Å². The quantitative estimate of drug-likeness (QED) is 0.462. The number of carbonyl (C=O) groups excluding carboxylic acids is 3. The molecule has 4 rings (SSSR count). The lowest BCUT2D eigenvalue weighted by molar-refractivity contribution is -0.127. The van der Waals surface area contributed by atoms with Gasteiger partial charge in [-0.25, -0.2) is 4.39 Å². The number of amides is 3. The topological polar surface area (TPSA) is 69.7 Å². The van der Waals surface area contributed by atoms with Gasteiger partial charge in [-0.2, -0.15) is 0 Å². The van der Waals surface area contributed by atoms with Gasteiger partial charge in [0, 0.05) is 29.0 Å². The van der Waals surface area contributed by atoms with Crippen LogP contribution < -0.4 is 10.2 Å². The number of imide groups is 1. The molecule has 2 aliphatic rings. The molecule has 8 heteroatoms. The molecule has 2 aliphatic heterocycles. The van der Waals surface area contributed by atoms with Crippen LogP contribution in [0.5, 0.6) is 0 Å². The van der Waals surface area contributed by atoms with Crippen molar-refractivity contribution in [1.29, 1.82) is 0 Å². The lowest BCUT2D eigenvalue weighted by Gasteiger charge is -2.47. The van der Waals surface area contributed by atoms with Gasteiger partial charge in [0.05, 0.1) is 4.91 Å². The van der Waals surface area contributed by atoms with Crippen LogP contribution in [-0.4, -0.2) is 40.6 Å². The molecule has 190 valence electrons. The summed E-state index contributed by atoms with van der Waals surface area (Å²) in [5.41, 5.74) is 3.67. The van der Waals surface area contributed by atoms with Gasteiger partial charge in [-0.1, -0.05) is 26.0 Å². The fourth-order valence-corrected chi connectivity index (χ4v) is 5.95. The highest BCUT2D eigenvalue weighted by Crippen LogP contribution is 2.45. The number of thioether (sulfide) groups is 1. The molecule has 0 saturated carbocycles. The third-order valence-corrected chi connectivity index (χ3v) is 7.62. The highest BCUT2D eigenvalue weighted by molar-refractivity contribution is 8.18. The minimum Gasteiger partial charge on any atom is -0.366 e. The summed E-state index contributed by atoms with van der Waals surface area (Å²) in [5.74, 6) is -1.29. The van der Waals surface area contributed by atoms with Gasteiger partial charge in [0.2, 0.25) is 5.91 Å². The van der Waals surface area contributed by atoms with Gasteiger partial charge in [0.15, 0.2) is 0 Å². The van der Waals surface area contributed by atoms with Crippen molar-refractivity contribution in [3.63, 3.8) is 0 Å². The molecule has 1 fully saturated rings. The average molecular weight is 510 g/mol. The zero-order valence-corrected chi connectivity index (χ0v) is 22.2. The van der Waals surface area contributed by atoms with Gasteiger partial charge >= 0.3 is 0 Å². The summed E-state index contributed by atoms with van der Waals surface area (Å²) in [6.45, 7) is 10.9. The zero-order chi connectivity index (χ0) is 26.2. The average Bonchev–Trinajstić information content (AvgIpc) is 3.04. The minimum absolute atomic E-state index is 0.0853. The van der Waals surface area contributed by atoms with E-state index in [9.17, 15) is 14.4 Å². The maximum absolute atomic E-state index is 15.3. The highest BCUT2D eigenvalue weighted by atomic mass is 32.2. The van der Waals surface area contributed by atoms with Crippen molar-refractivity contribution in [2.45, 2.75) is 58.9 Å². The van der Waals surface area contributed by atoms with Crippen molar-refractivity contribution in [2.24, 2.45) is 0 Å². The van der Waals surface area contributed by atoms with Crippen molar-refractivity contribution in [2.75, 3.05) is 23.3 Å². The summed E-state index contributed by atoms with van der Waals surface area (Å²) in [6, 6.07) is 10.6. The zero-order valence-electron chi connectivity index (χ0n) is 21.4. The fourth-order valence-electron chi connectivity index (χ4n) is 5.12. The van der Waals surface area contributed by atoms with E-state index in [1.54, 1.807) is 24.3 Å². The van der Waals surface area contributed by atoms with Crippen molar-refractivity contribution in [3.8, 4) is 0 Å². The third-order valence-electron chi connectivity index (χ3n) is 6.72. The van der Waals surface area contributed by atoms with Crippen molar-refractivity contribution in [1.82, 2.24) is 4.90 Å². The van der Waals surface area contributed by atoms with E-state index >= 15 is 4.39 Å². The first-order valence-electron chi connectivity index (χ1n) is 12.2. The first-order chi connectivity index (χ1) is 17.0. The fraction of sp³-hybridized carbons (Fsp3) is 0.393. The van der Waals surface area contributed by atoms with Crippen LogP contribution in [-0.2, 0) is 9.59 Å². The van der Waals surface area contributed by atoms with Crippen LogP contribution in [0.1, 0.15) is 63.1 Å². The van der Waals surface area contributed by atoms with E-state index in [1.165, 1.54) is 6.08 Å². The molecule has 0 spiro atoms. The Labute approximate surface area is 215 Å². The minimum atomic E-state index is -0.594. The van der Waals surface area contributed by atoms with Gasteiger partial charge in [0.1, 0.15) is 12.4 Å². The van der Waals surface area contributed by atoms with Crippen LogP contribution >= 0.6 is 11.8 Å². The SMILES string of the molecule is CCCN1c2cc(F)c(/C=C3/SC(=O)N(CC(=O)Nc4cccc(C)c4)C3=O)cc2C(C)CC1(C)C. The van der Waals surface area contributed by atoms with Gasteiger partial charge < -0.3 is 10.2 Å². The molecule has 3 amide bonds.